The first-order valence-corrected chi connectivity index (χ1v) is 9.94. The van der Waals surface area contributed by atoms with Crippen LogP contribution >= 0.6 is 51.2 Å². The molecule has 0 radical (unpaired) electrons. The lowest BCUT2D eigenvalue weighted by Crippen LogP contribution is -2.49. The van der Waals surface area contributed by atoms with Crippen molar-refractivity contribution >= 4 is 63.3 Å². The van der Waals surface area contributed by atoms with Crippen molar-refractivity contribution in [3.05, 3.63) is 20.8 Å². The molecule has 1 amide bonds. The molecule has 1 aliphatic rings. The summed E-state index contributed by atoms with van der Waals surface area (Å²) in [6, 6.07) is 4.45. The Morgan fingerprint density at radius 2 is 2.12 bits per heavy atom. The minimum absolute atomic E-state index is 0. The first-order valence-electron chi connectivity index (χ1n) is 8.33. The van der Waals surface area contributed by atoms with E-state index in [1.165, 1.54) is 4.88 Å². The van der Waals surface area contributed by atoms with Crippen LogP contribution in [0.3, 0.4) is 0 Å². The van der Waals surface area contributed by atoms with Gasteiger partial charge in [-0.3, -0.25) is 0 Å². The van der Waals surface area contributed by atoms with Crippen LogP contribution in [0.15, 0.2) is 20.9 Å². The van der Waals surface area contributed by atoms with Crippen LogP contribution in [0.5, 0.6) is 0 Å². The number of nitrogens with zero attached hydrogens (tertiary/aromatic N) is 2. The maximum Gasteiger partial charge on any atom is 0.409 e. The van der Waals surface area contributed by atoms with Crippen LogP contribution in [-0.4, -0.2) is 49.2 Å². The Morgan fingerprint density at radius 3 is 2.68 bits per heavy atom. The maximum atomic E-state index is 11.7. The number of carbonyl (C=O) groups excluding carboxylic acids is 1. The van der Waals surface area contributed by atoms with Gasteiger partial charge in [-0.2, -0.15) is 0 Å². The number of likely N-dealkylation sites (tertiary alicyclic amines) is 1. The van der Waals surface area contributed by atoms with Crippen molar-refractivity contribution in [2.24, 2.45) is 4.99 Å². The lowest BCUT2D eigenvalue weighted by Gasteiger charge is -2.32. The van der Waals surface area contributed by atoms with Gasteiger partial charge >= 0.3 is 6.09 Å². The molecule has 0 unspecified atom stereocenters. The van der Waals surface area contributed by atoms with E-state index < -0.39 is 0 Å². The zero-order valence-corrected chi connectivity index (χ0v) is 19.3. The number of guanidine groups is 1. The lowest BCUT2D eigenvalue weighted by molar-refractivity contribution is 0.0963. The van der Waals surface area contributed by atoms with Gasteiger partial charge in [0.25, 0.3) is 0 Å². The Morgan fingerprint density at radius 1 is 1.40 bits per heavy atom. The Hall–Kier alpha value is -0.550. The summed E-state index contributed by atoms with van der Waals surface area (Å²) in [6.45, 7) is 7.23. The smallest absolute Gasteiger partial charge is 0.409 e. The van der Waals surface area contributed by atoms with Gasteiger partial charge in [-0.05, 0) is 54.8 Å². The molecule has 0 atom stereocenters. The highest BCUT2D eigenvalue weighted by atomic mass is 127. The van der Waals surface area contributed by atoms with E-state index in [1.54, 1.807) is 16.2 Å². The molecule has 6 nitrogen and oxygen atoms in total. The summed E-state index contributed by atoms with van der Waals surface area (Å²) in [5.74, 6) is 0.830. The fraction of sp³-hybridized carbons (Fsp3) is 0.625. The number of halogens is 2. The molecule has 0 bridgehead atoms. The van der Waals surface area contributed by atoms with Crippen molar-refractivity contribution in [2.75, 3.05) is 26.2 Å². The number of amides is 1. The second-order valence-corrected chi connectivity index (χ2v) is 8.05. The normalized spacial score (nSPS) is 15.5. The summed E-state index contributed by atoms with van der Waals surface area (Å²) in [5, 5.41) is 6.77. The average molecular weight is 545 g/mol. The molecule has 0 saturated carbocycles. The van der Waals surface area contributed by atoms with Gasteiger partial charge in [0.2, 0.25) is 0 Å². The van der Waals surface area contributed by atoms with Gasteiger partial charge in [-0.25, -0.2) is 9.79 Å². The van der Waals surface area contributed by atoms with E-state index >= 15 is 0 Å². The monoisotopic (exact) mass is 544 g/mol. The molecule has 1 aromatic heterocycles. The maximum absolute atomic E-state index is 11.7. The van der Waals surface area contributed by atoms with Gasteiger partial charge in [-0.1, -0.05) is 0 Å². The molecule has 1 fully saturated rings. The fourth-order valence-corrected chi connectivity index (χ4v) is 3.94. The number of aliphatic imine (C=N–C) groups is 1. The molecule has 2 N–H and O–H groups in total. The number of thiophene rings is 1. The zero-order chi connectivity index (χ0) is 17.4. The van der Waals surface area contributed by atoms with Crippen LogP contribution in [0.1, 0.15) is 31.6 Å². The van der Waals surface area contributed by atoms with Crippen molar-refractivity contribution in [2.45, 2.75) is 39.3 Å². The van der Waals surface area contributed by atoms with Gasteiger partial charge in [0.05, 0.1) is 16.9 Å². The number of rotatable bonds is 5. The molecule has 2 rings (SSSR count). The number of hydrogen-bond donors (Lipinski definition) is 2. The van der Waals surface area contributed by atoms with Gasteiger partial charge in [0.15, 0.2) is 5.96 Å². The van der Waals surface area contributed by atoms with Crippen LogP contribution in [0, 0.1) is 0 Å². The van der Waals surface area contributed by atoms with Gasteiger partial charge < -0.3 is 20.3 Å². The van der Waals surface area contributed by atoms with Crippen LogP contribution in [0.2, 0.25) is 0 Å². The summed E-state index contributed by atoms with van der Waals surface area (Å²) in [7, 11) is 0. The third-order valence-corrected chi connectivity index (χ3v) is 5.34. The fourth-order valence-electron chi connectivity index (χ4n) is 2.53. The minimum Gasteiger partial charge on any atom is -0.450 e. The van der Waals surface area contributed by atoms with Crippen molar-refractivity contribution in [1.82, 2.24) is 15.5 Å². The van der Waals surface area contributed by atoms with E-state index in [0.29, 0.717) is 32.3 Å². The van der Waals surface area contributed by atoms with Crippen LogP contribution in [0.4, 0.5) is 4.79 Å². The van der Waals surface area contributed by atoms with Crippen molar-refractivity contribution in [1.29, 1.82) is 0 Å². The number of ether oxygens (including phenoxy) is 1. The third-order valence-electron chi connectivity index (χ3n) is 3.73. The second-order valence-electron chi connectivity index (χ2n) is 5.51. The molecule has 0 aromatic carbocycles. The van der Waals surface area contributed by atoms with Crippen LogP contribution in [-0.2, 0) is 11.3 Å². The topological polar surface area (TPSA) is 66.0 Å². The molecule has 142 valence electrons. The number of nitrogens with one attached hydrogen (secondary N) is 2. The SMILES string of the molecule is CCNC(=NCc1ccc(Br)s1)NC1CCN(C(=O)OCC)CC1.I. The van der Waals surface area contributed by atoms with Gasteiger partial charge in [0, 0.05) is 30.6 Å². The molecule has 25 heavy (non-hydrogen) atoms. The summed E-state index contributed by atoms with van der Waals surface area (Å²) < 4.78 is 6.18. The molecule has 1 aliphatic heterocycles. The van der Waals surface area contributed by atoms with Gasteiger partial charge in [-0.15, -0.1) is 35.3 Å². The molecular formula is C16H26BrIN4O2S. The number of hydrogen-bond acceptors (Lipinski definition) is 4. The number of piperidine rings is 1. The van der Waals surface area contributed by atoms with Crippen molar-refractivity contribution in [3.63, 3.8) is 0 Å². The highest BCUT2D eigenvalue weighted by Crippen LogP contribution is 2.22. The summed E-state index contributed by atoms with van der Waals surface area (Å²) in [4.78, 5) is 19.4. The van der Waals surface area contributed by atoms with Crippen molar-refractivity contribution < 1.29 is 9.53 Å². The van der Waals surface area contributed by atoms with E-state index in [1.807, 2.05) is 13.0 Å². The summed E-state index contributed by atoms with van der Waals surface area (Å²) in [6.07, 6.45) is 1.58. The van der Waals surface area contributed by atoms with Crippen LogP contribution < -0.4 is 10.6 Å². The number of carbonyl (C=O) groups is 1. The second kappa shape index (κ2) is 11.9. The highest BCUT2D eigenvalue weighted by molar-refractivity contribution is 14.0. The third kappa shape index (κ3) is 7.69. The largest absolute Gasteiger partial charge is 0.450 e. The molecule has 0 aliphatic carbocycles. The van der Waals surface area contributed by atoms with E-state index in [2.05, 4.69) is 44.5 Å². The van der Waals surface area contributed by atoms with E-state index in [4.69, 9.17) is 4.74 Å². The Labute approximate surface area is 178 Å². The standard InChI is InChI=1S/C16H25BrN4O2S.HI/c1-3-18-15(19-11-13-5-6-14(17)24-13)20-12-7-9-21(10-8-12)16(22)23-4-2;/h5-6,12H,3-4,7-11H2,1-2H3,(H2,18,19,20);1H. The predicted molar refractivity (Wildman–Crippen MR) is 117 cm³/mol. The summed E-state index contributed by atoms with van der Waals surface area (Å²) in [5.41, 5.74) is 0. The zero-order valence-electron chi connectivity index (χ0n) is 14.6. The summed E-state index contributed by atoms with van der Waals surface area (Å²) >= 11 is 5.17. The Balaban J connectivity index is 0.00000312. The predicted octanol–water partition coefficient (Wildman–Crippen LogP) is 3.80. The Kier molecular flexibility index (Phi) is 10.7. The van der Waals surface area contributed by atoms with Crippen LogP contribution in [0.25, 0.3) is 0 Å². The molecule has 1 aromatic rings. The lowest BCUT2D eigenvalue weighted by atomic mass is 10.1. The van der Waals surface area contributed by atoms with E-state index in [0.717, 1.165) is 29.1 Å². The van der Waals surface area contributed by atoms with Gasteiger partial charge in [0.1, 0.15) is 0 Å². The first-order chi connectivity index (χ1) is 11.6. The minimum atomic E-state index is -0.209. The molecular weight excluding hydrogens is 519 g/mol. The Bertz CT molecular complexity index is 562. The highest BCUT2D eigenvalue weighted by Gasteiger charge is 2.23. The average Bonchev–Trinajstić information content (AvgIpc) is 2.99. The van der Waals surface area contributed by atoms with E-state index in [-0.39, 0.29) is 30.1 Å². The first kappa shape index (κ1) is 22.5. The van der Waals surface area contributed by atoms with E-state index in [9.17, 15) is 4.79 Å². The molecule has 9 heteroatoms. The molecule has 1 saturated heterocycles. The molecule has 2 heterocycles. The quantitative estimate of drug-likeness (QED) is 0.336. The molecule has 0 spiro atoms. The van der Waals surface area contributed by atoms with Crippen molar-refractivity contribution in [3.8, 4) is 0 Å².